The van der Waals surface area contributed by atoms with E-state index in [1.165, 1.54) is 30.9 Å². The number of carbonyl (C=O) groups is 3. The number of fused-ring (bicyclic) bond motifs is 1. The van der Waals surface area contributed by atoms with Crippen molar-refractivity contribution in [2.24, 2.45) is 5.16 Å². The van der Waals surface area contributed by atoms with Crippen molar-refractivity contribution in [2.45, 2.75) is 11.4 Å². The van der Waals surface area contributed by atoms with Gasteiger partial charge in [0, 0.05) is 18.2 Å². The molecule has 1 saturated heterocycles. The summed E-state index contributed by atoms with van der Waals surface area (Å²) in [6.07, 6.45) is 0. The van der Waals surface area contributed by atoms with Gasteiger partial charge in [-0.25, -0.2) is 9.78 Å². The molecule has 1 fully saturated rings. The number of oxime groups is 1. The summed E-state index contributed by atoms with van der Waals surface area (Å²) in [4.78, 5) is 46.7. The summed E-state index contributed by atoms with van der Waals surface area (Å²) in [6, 6.07) is -0.894. The number of hydrogen-bond acceptors (Lipinski definition) is 10. The molecule has 0 radical (unpaired) electrons. The van der Waals surface area contributed by atoms with Crippen LogP contribution in [0, 0.1) is 0 Å². The maximum Gasteiger partial charge on any atom is 2.00 e. The summed E-state index contributed by atoms with van der Waals surface area (Å²) in [5, 5.41) is 17.0. The number of aromatic nitrogens is 1. The van der Waals surface area contributed by atoms with Gasteiger partial charge in [0.05, 0.1) is 6.61 Å². The molecule has 2 aliphatic rings. The number of nitrogens with two attached hydrogens (primary N) is 1. The standard InChI is InChI=1S/C15H17N5O6S2.Ca.2H/c1-25-3-6-4-27-13-9(12(22)20(13)10(6)14(23)24)18-11(21)8(19-26-2)7-5-28-15(16)17-7;;;/h5,9,13H,3-4H2,1-2H3,(H2,16,17)(H,18,21)(H,23,24);;;/q;+2;2*-1/t9-,13-;;;/m1.../s1. The fraction of sp³-hybridized carbons (Fsp3) is 0.400. The first-order valence-corrected chi connectivity index (χ1v) is 9.84. The minimum absolute atomic E-state index is 0. The SMILES string of the molecule is COCC1=C(C(=O)O)N2C(=O)[C@@H](NC(=O)C(=NOC)c3csc(N)n3)[C@H]2SC1.[Ca+2].[H-].[H-]. The molecule has 2 amide bonds. The Morgan fingerprint density at radius 2 is 2.24 bits per heavy atom. The number of thiazole rings is 1. The van der Waals surface area contributed by atoms with E-state index in [-0.39, 0.29) is 69.4 Å². The van der Waals surface area contributed by atoms with Gasteiger partial charge in [-0.3, -0.25) is 14.5 Å². The van der Waals surface area contributed by atoms with E-state index in [0.717, 1.165) is 11.3 Å². The molecule has 0 aliphatic carbocycles. The number of hydrogen-bond donors (Lipinski definition) is 3. The number of nitrogens with zero attached hydrogens (tertiary/aromatic N) is 3. The smallest absolute Gasteiger partial charge is 1.00 e. The van der Waals surface area contributed by atoms with Crippen molar-refractivity contribution < 1.29 is 31.9 Å². The molecule has 0 aromatic carbocycles. The third-order valence-corrected chi connectivity index (χ3v) is 6.03. The van der Waals surface area contributed by atoms with Gasteiger partial charge in [0.15, 0.2) is 10.8 Å². The first-order chi connectivity index (χ1) is 13.4. The predicted octanol–water partition coefficient (Wildman–Crippen LogP) is -0.695. The summed E-state index contributed by atoms with van der Waals surface area (Å²) in [5.74, 6) is -2.03. The zero-order valence-corrected chi connectivity index (χ0v) is 19.4. The van der Waals surface area contributed by atoms with Crippen molar-refractivity contribution in [3.8, 4) is 0 Å². The Balaban J connectivity index is 0.00000300. The third-order valence-electron chi connectivity index (χ3n) is 4.02. The number of nitrogen functional groups attached to an aromatic ring is 1. The van der Waals surface area contributed by atoms with Crippen LogP contribution in [-0.4, -0.2) is 114 Å². The second kappa shape index (κ2) is 10.1. The van der Waals surface area contributed by atoms with Crippen LogP contribution >= 0.6 is 23.1 Å². The summed E-state index contributed by atoms with van der Waals surface area (Å²) >= 11 is 2.47. The molecule has 0 spiro atoms. The number of methoxy groups -OCH3 is 1. The molecule has 154 valence electrons. The van der Waals surface area contributed by atoms with Gasteiger partial charge in [0.25, 0.3) is 11.8 Å². The summed E-state index contributed by atoms with van der Waals surface area (Å²) in [5.41, 5.74) is 6.09. The summed E-state index contributed by atoms with van der Waals surface area (Å²) in [6.45, 7) is 0.109. The summed E-state index contributed by atoms with van der Waals surface area (Å²) in [7, 11) is 2.73. The maximum absolute atomic E-state index is 12.6. The topological polar surface area (TPSA) is 156 Å². The van der Waals surface area contributed by atoms with Gasteiger partial charge in [-0.2, -0.15) is 0 Å². The Morgan fingerprint density at radius 3 is 2.79 bits per heavy atom. The first kappa shape index (κ1) is 23.9. The van der Waals surface area contributed by atoms with Crippen LogP contribution in [0.3, 0.4) is 0 Å². The zero-order chi connectivity index (χ0) is 20.4. The minimum Gasteiger partial charge on any atom is -1.00 e. The molecule has 2 aliphatic heterocycles. The number of carboxylic acids is 1. The molecule has 14 heteroatoms. The van der Waals surface area contributed by atoms with Gasteiger partial charge in [0.2, 0.25) is 0 Å². The van der Waals surface area contributed by atoms with E-state index in [0.29, 0.717) is 11.3 Å². The number of amides is 2. The zero-order valence-electron chi connectivity index (χ0n) is 17.6. The Morgan fingerprint density at radius 1 is 1.52 bits per heavy atom. The predicted molar refractivity (Wildman–Crippen MR) is 110 cm³/mol. The number of carboxylic acid groups (broad SMARTS) is 1. The van der Waals surface area contributed by atoms with Crippen LogP contribution in [-0.2, 0) is 24.0 Å². The first-order valence-electron chi connectivity index (χ1n) is 7.91. The fourth-order valence-corrected chi connectivity index (χ4v) is 4.75. The summed E-state index contributed by atoms with van der Waals surface area (Å²) < 4.78 is 5.02. The van der Waals surface area contributed by atoms with E-state index < -0.39 is 29.2 Å². The van der Waals surface area contributed by atoms with Crippen LogP contribution < -0.4 is 11.1 Å². The molecule has 11 nitrogen and oxygen atoms in total. The van der Waals surface area contributed by atoms with E-state index in [4.69, 9.17) is 15.3 Å². The van der Waals surface area contributed by atoms with Gasteiger partial charge < -0.3 is 28.6 Å². The van der Waals surface area contributed by atoms with Crippen LogP contribution in [0.2, 0.25) is 0 Å². The second-order valence-corrected chi connectivity index (χ2v) is 7.74. The van der Waals surface area contributed by atoms with Crippen molar-refractivity contribution in [2.75, 3.05) is 32.3 Å². The molecule has 0 unspecified atom stereocenters. The molecule has 1 aromatic rings. The molecule has 3 heterocycles. The molecule has 0 bridgehead atoms. The van der Waals surface area contributed by atoms with Gasteiger partial charge in [-0.1, -0.05) is 5.16 Å². The van der Waals surface area contributed by atoms with E-state index in [1.54, 1.807) is 5.38 Å². The molecule has 3 rings (SSSR count). The van der Waals surface area contributed by atoms with E-state index in [2.05, 4.69) is 15.5 Å². The minimum atomic E-state index is -1.21. The van der Waals surface area contributed by atoms with Crippen LogP contribution in [0.15, 0.2) is 21.8 Å². The van der Waals surface area contributed by atoms with Crippen molar-refractivity contribution in [3.63, 3.8) is 0 Å². The van der Waals surface area contributed by atoms with E-state index >= 15 is 0 Å². The molecular formula is C15H19CaN5O6S2. The van der Waals surface area contributed by atoms with Crippen LogP contribution in [0.1, 0.15) is 8.55 Å². The monoisotopic (exact) mass is 469 g/mol. The van der Waals surface area contributed by atoms with Crippen molar-refractivity contribution in [1.29, 1.82) is 0 Å². The van der Waals surface area contributed by atoms with Gasteiger partial charge in [-0.05, 0) is 5.57 Å². The fourth-order valence-electron chi connectivity index (χ4n) is 2.87. The number of anilines is 1. The number of aliphatic carboxylic acids is 1. The molecule has 2 atom stereocenters. The average molecular weight is 470 g/mol. The second-order valence-electron chi connectivity index (χ2n) is 5.74. The molecule has 4 N–H and O–H groups in total. The average Bonchev–Trinajstić information content (AvgIpc) is 3.09. The normalized spacial score (nSPS) is 21.1. The Hall–Kier alpha value is -1.38. The van der Waals surface area contributed by atoms with E-state index in [1.807, 2.05) is 0 Å². The van der Waals surface area contributed by atoms with Crippen molar-refractivity contribution in [3.05, 3.63) is 22.3 Å². The maximum atomic E-state index is 12.6. The molecule has 1 aromatic heterocycles. The largest absolute Gasteiger partial charge is 2.00 e. The quantitative estimate of drug-likeness (QED) is 0.203. The van der Waals surface area contributed by atoms with Crippen molar-refractivity contribution in [1.82, 2.24) is 15.2 Å². The number of nitrogens with one attached hydrogen (secondary N) is 1. The van der Waals surface area contributed by atoms with Crippen LogP contribution in [0.25, 0.3) is 0 Å². The number of carbonyl (C=O) groups excluding carboxylic acids is 2. The Kier molecular flexibility index (Phi) is 8.31. The Labute approximate surface area is 206 Å². The van der Waals surface area contributed by atoms with Gasteiger partial charge in [-0.15, -0.1) is 23.1 Å². The van der Waals surface area contributed by atoms with Crippen molar-refractivity contribution >= 4 is 89.5 Å². The molecular weight excluding hydrogens is 450 g/mol. The number of ether oxygens (including phenoxy) is 1. The third kappa shape index (κ3) is 4.70. The van der Waals surface area contributed by atoms with Crippen LogP contribution in [0.4, 0.5) is 5.13 Å². The number of β-lactam (4-membered cyclic amide) rings is 1. The van der Waals surface area contributed by atoms with Gasteiger partial charge >= 0.3 is 43.7 Å². The number of thioether (sulfide) groups is 1. The van der Waals surface area contributed by atoms with Gasteiger partial charge in [0.1, 0.15) is 29.9 Å². The van der Waals surface area contributed by atoms with E-state index in [9.17, 15) is 19.5 Å². The van der Waals surface area contributed by atoms with Crippen LogP contribution in [0.5, 0.6) is 0 Å². The Bertz CT molecular complexity index is 899. The number of rotatable bonds is 7. The molecule has 0 saturated carbocycles. The molecule has 29 heavy (non-hydrogen) atoms.